The van der Waals surface area contributed by atoms with Crippen LogP contribution in [0.2, 0.25) is 0 Å². The smallest absolute Gasteiger partial charge is 0.263 e. The number of nitrogens with one attached hydrogen (secondary N) is 2. The van der Waals surface area contributed by atoms with Crippen molar-refractivity contribution in [2.75, 3.05) is 5.32 Å². The summed E-state index contributed by atoms with van der Waals surface area (Å²) >= 11 is 0. The van der Waals surface area contributed by atoms with Gasteiger partial charge in [-0.2, -0.15) is 0 Å². The van der Waals surface area contributed by atoms with Crippen LogP contribution in [0.25, 0.3) is 11.0 Å². The molecule has 0 aliphatic carbocycles. The summed E-state index contributed by atoms with van der Waals surface area (Å²) in [6.45, 7) is 7.28. The quantitative estimate of drug-likeness (QED) is 0.777. The van der Waals surface area contributed by atoms with Gasteiger partial charge < -0.3 is 10.3 Å². The number of aromatic amines is 1. The summed E-state index contributed by atoms with van der Waals surface area (Å²) in [6.07, 6.45) is 0. The summed E-state index contributed by atoms with van der Waals surface area (Å²) in [7, 11) is 0. The standard InChI is InChI=1S/C18H20N4O2/c1-10-5-7-14(8-6-10)21-17(23)12(3)22-13(4)20-16-15(18(22)24)9-11(2)19-16/h5-9,12,19H,1-4H3,(H,21,23). The third kappa shape index (κ3) is 2.82. The van der Waals surface area contributed by atoms with Crippen molar-refractivity contribution < 1.29 is 4.79 Å². The third-order valence-electron chi connectivity index (χ3n) is 4.09. The van der Waals surface area contributed by atoms with E-state index in [1.807, 2.05) is 38.1 Å². The second-order valence-electron chi connectivity index (χ2n) is 6.08. The van der Waals surface area contributed by atoms with E-state index in [-0.39, 0.29) is 11.5 Å². The van der Waals surface area contributed by atoms with Crippen LogP contribution in [-0.2, 0) is 4.79 Å². The van der Waals surface area contributed by atoms with Crippen molar-refractivity contribution in [3.63, 3.8) is 0 Å². The van der Waals surface area contributed by atoms with Crippen LogP contribution in [-0.4, -0.2) is 20.4 Å². The Hall–Kier alpha value is -2.89. The summed E-state index contributed by atoms with van der Waals surface area (Å²) < 4.78 is 1.43. The van der Waals surface area contributed by atoms with E-state index in [0.717, 1.165) is 11.3 Å². The van der Waals surface area contributed by atoms with Gasteiger partial charge in [0, 0.05) is 11.4 Å². The molecule has 3 rings (SSSR count). The largest absolute Gasteiger partial charge is 0.343 e. The van der Waals surface area contributed by atoms with Crippen LogP contribution < -0.4 is 10.9 Å². The summed E-state index contributed by atoms with van der Waals surface area (Å²) in [5.74, 6) is 0.248. The maximum absolute atomic E-state index is 12.7. The molecule has 3 aromatic rings. The molecule has 2 aromatic heterocycles. The number of H-pyrrole nitrogens is 1. The average molecular weight is 324 g/mol. The number of anilines is 1. The van der Waals surface area contributed by atoms with Crippen LogP contribution in [0.3, 0.4) is 0 Å². The van der Waals surface area contributed by atoms with Crippen molar-refractivity contribution in [3.05, 3.63) is 57.8 Å². The van der Waals surface area contributed by atoms with Crippen LogP contribution in [0.5, 0.6) is 0 Å². The molecule has 1 atom stereocenters. The minimum atomic E-state index is -0.661. The highest BCUT2D eigenvalue weighted by molar-refractivity contribution is 5.93. The Balaban J connectivity index is 1.95. The number of aromatic nitrogens is 3. The molecule has 2 heterocycles. The van der Waals surface area contributed by atoms with Gasteiger partial charge in [0.05, 0.1) is 5.39 Å². The summed E-state index contributed by atoms with van der Waals surface area (Å²) in [4.78, 5) is 32.7. The minimum Gasteiger partial charge on any atom is -0.343 e. The first-order valence-electron chi connectivity index (χ1n) is 7.83. The van der Waals surface area contributed by atoms with Gasteiger partial charge in [-0.05, 0) is 45.9 Å². The van der Waals surface area contributed by atoms with E-state index in [0.29, 0.717) is 22.5 Å². The Morgan fingerprint density at radius 3 is 2.54 bits per heavy atom. The zero-order valence-corrected chi connectivity index (χ0v) is 14.2. The molecule has 0 fully saturated rings. The highest BCUT2D eigenvalue weighted by atomic mass is 16.2. The Morgan fingerprint density at radius 1 is 1.21 bits per heavy atom. The maximum Gasteiger partial charge on any atom is 0.263 e. The van der Waals surface area contributed by atoms with Gasteiger partial charge in [0.25, 0.3) is 5.56 Å². The molecule has 0 aliphatic heterocycles. The van der Waals surface area contributed by atoms with Crippen molar-refractivity contribution in [1.82, 2.24) is 14.5 Å². The van der Waals surface area contributed by atoms with Crippen molar-refractivity contribution in [3.8, 4) is 0 Å². The number of carbonyl (C=O) groups excluding carboxylic acids is 1. The van der Waals surface area contributed by atoms with Crippen molar-refractivity contribution in [2.24, 2.45) is 0 Å². The Kier molecular flexibility index (Phi) is 3.97. The summed E-state index contributed by atoms with van der Waals surface area (Å²) in [6, 6.07) is 8.62. The van der Waals surface area contributed by atoms with Gasteiger partial charge >= 0.3 is 0 Å². The van der Waals surface area contributed by atoms with Crippen molar-refractivity contribution in [2.45, 2.75) is 33.7 Å². The Labute approximate surface area is 139 Å². The number of hydrogen-bond donors (Lipinski definition) is 2. The third-order valence-corrected chi connectivity index (χ3v) is 4.09. The van der Waals surface area contributed by atoms with Crippen LogP contribution in [0.1, 0.15) is 30.0 Å². The van der Waals surface area contributed by atoms with E-state index < -0.39 is 6.04 Å². The van der Waals surface area contributed by atoms with Crippen molar-refractivity contribution in [1.29, 1.82) is 0 Å². The van der Waals surface area contributed by atoms with Crippen LogP contribution in [0.4, 0.5) is 5.69 Å². The lowest BCUT2D eigenvalue weighted by molar-refractivity contribution is -0.118. The van der Waals surface area contributed by atoms with Gasteiger partial charge in [-0.15, -0.1) is 0 Å². The zero-order chi connectivity index (χ0) is 17.4. The second kappa shape index (κ2) is 5.96. The molecule has 0 spiro atoms. The van der Waals surface area contributed by atoms with Gasteiger partial charge in [-0.25, -0.2) is 4.98 Å². The molecule has 2 N–H and O–H groups in total. The monoisotopic (exact) mass is 324 g/mol. The molecule has 1 unspecified atom stereocenters. The lowest BCUT2D eigenvalue weighted by Gasteiger charge is -2.17. The number of carbonyl (C=O) groups is 1. The number of benzene rings is 1. The summed E-state index contributed by atoms with van der Waals surface area (Å²) in [5, 5.41) is 3.33. The normalized spacial score (nSPS) is 12.3. The number of rotatable bonds is 3. The molecule has 24 heavy (non-hydrogen) atoms. The number of aryl methyl sites for hydroxylation is 3. The van der Waals surface area contributed by atoms with Gasteiger partial charge in [0.15, 0.2) is 0 Å². The fourth-order valence-electron chi connectivity index (χ4n) is 2.78. The molecule has 0 radical (unpaired) electrons. The van der Waals surface area contributed by atoms with E-state index in [1.165, 1.54) is 4.57 Å². The van der Waals surface area contributed by atoms with E-state index >= 15 is 0 Å². The molecular formula is C18H20N4O2. The van der Waals surface area contributed by atoms with Crippen LogP contribution in [0.15, 0.2) is 35.1 Å². The predicted octanol–water partition coefficient (Wildman–Crippen LogP) is 2.85. The minimum absolute atomic E-state index is 0.214. The number of amides is 1. The SMILES string of the molecule is Cc1ccc(NC(=O)C(C)n2c(C)nc3[nH]c(C)cc3c2=O)cc1. The van der Waals surface area contributed by atoms with Gasteiger partial charge in [-0.1, -0.05) is 17.7 Å². The first kappa shape index (κ1) is 16.0. The molecule has 1 aromatic carbocycles. The van der Waals surface area contributed by atoms with E-state index in [2.05, 4.69) is 15.3 Å². The molecular weight excluding hydrogens is 304 g/mol. The van der Waals surface area contributed by atoms with Crippen LogP contribution >= 0.6 is 0 Å². The highest BCUT2D eigenvalue weighted by Crippen LogP contribution is 2.15. The molecule has 6 nitrogen and oxygen atoms in total. The van der Waals surface area contributed by atoms with E-state index in [9.17, 15) is 9.59 Å². The molecule has 0 bridgehead atoms. The lowest BCUT2D eigenvalue weighted by Crippen LogP contribution is -2.33. The topological polar surface area (TPSA) is 79.8 Å². The molecule has 1 amide bonds. The molecule has 0 saturated carbocycles. The number of fused-ring (bicyclic) bond motifs is 1. The van der Waals surface area contributed by atoms with Gasteiger partial charge in [0.2, 0.25) is 5.91 Å². The molecule has 124 valence electrons. The fourth-order valence-corrected chi connectivity index (χ4v) is 2.78. The highest BCUT2D eigenvalue weighted by Gasteiger charge is 2.21. The Bertz CT molecular complexity index is 967. The van der Waals surface area contributed by atoms with E-state index in [1.54, 1.807) is 19.9 Å². The Morgan fingerprint density at radius 2 is 1.88 bits per heavy atom. The average Bonchev–Trinajstić information content (AvgIpc) is 2.90. The van der Waals surface area contributed by atoms with Gasteiger partial charge in [0.1, 0.15) is 17.5 Å². The van der Waals surface area contributed by atoms with Gasteiger partial charge in [-0.3, -0.25) is 14.2 Å². The summed E-state index contributed by atoms with van der Waals surface area (Å²) in [5.41, 5.74) is 3.02. The second-order valence-corrected chi connectivity index (χ2v) is 6.08. The molecule has 0 saturated heterocycles. The predicted molar refractivity (Wildman–Crippen MR) is 94.3 cm³/mol. The lowest BCUT2D eigenvalue weighted by atomic mass is 10.2. The van der Waals surface area contributed by atoms with Crippen LogP contribution in [0, 0.1) is 20.8 Å². The van der Waals surface area contributed by atoms with Crippen molar-refractivity contribution >= 4 is 22.6 Å². The molecule has 0 aliphatic rings. The number of nitrogens with zero attached hydrogens (tertiary/aromatic N) is 2. The number of hydrogen-bond acceptors (Lipinski definition) is 3. The maximum atomic E-state index is 12.7. The van der Waals surface area contributed by atoms with E-state index in [4.69, 9.17) is 0 Å². The first-order chi connectivity index (χ1) is 11.4. The molecule has 6 heteroatoms. The fraction of sp³-hybridized carbons (Fsp3) is 0.278. The first-order valence-corrected chi connectivity index (χ1v) is 7.83. The zero-order valence-electron chi connectivity index (χ0n) is 14.2.